The molecule has 6 nitrogen and oxygen atoms in total. The highest BCUT2D eigenvalue weighted by atomic mass is 32.2. The van der Waals surface area contributed by atoms with E-state index in [1.165, 1.54) is 0 Å². The fraction of sp³-hybridized carbons (Fsp3) is 0.200. The second kappa shape index (κ2) is 6.18. The number of hydrogen-bond acceptors (Lipinski definition) is 4. The largest absolute Gasteiger partial charge is 0.351 e. The summed E-state index contributed by atoms with van der Waals surface area (Å²) in [6, 6.07) is 0. The van der Waals surface area contributed by atoms with E-state index in [0.717, 1.165) is 0 Å². The van der Waals surface area contributed by atoms with Crippen LogP contribution in [0.5, 0.6) is 0 Å². The molecule has 1 aromatic rings. The first-order valence-corrected chi connectivity index (χ1v) is 6.77. The van der Waals surface area contributed by atoms with Crippen molar-refractivity contribution in [3.8, 4) is 0 Å². The van der Waals surface area contributed by atoms with Crippen molar-refractivity contribution in [1.29, 1.82) is 0 Å². The summed E-state index contributed by atoms with van der Waals surface area (Å²) < 4.78 is 82.9. The summed E-state index contributed by atoms with van der Waals surface area (Å²) in [5.41, 5.74) is -2.90. The number of amides is 1. The van der Waals surface area contributed by atoms with Crippen molar-refractivity contribution in [3.05, 3.63) is 28.8 Å². The van der Waals surface area contributed by atoms with Crippen LogP contribution in [0, 0.1) is 23.3 Å². The van der Waals surface area contributed by atoms with E-state index in [1.54, 1.807) is 5.32 Å². The fourth-order valence-corrected chi connectivity index (χ4v) is 1.70. The van der Waals surface area contributed by atoms with Gasteiger partial charge in [-0.1, -0.05) is 0 Å². The number of nitrogens with zero attached hydrogens (tertiary/aromatic N) is 1. The number of aliphatic imine (C=N–C) groups is 1. The molecule has 0 aliphatic carbocycles. The Hall–Kier alpha value is -2.01. The first-order chi connectivity index (χ1) is 9.60. The quantitative estimate of drug-likeness (QED) is 0.367. The first-order valence-electron chi connectivity index (χ1n) is 5.16. The van der Waals surface area contributed by atoms with Gasteiger partial charge in [0.2, 0.25) is 0 Å². The van der Waals surface area contributed by atoms with Crippen LogP contribution in [-0.2, 0) is 10.1 Å². The topological polar surface area (TPSA) is 95.8 Å². The predicted octanol–water partition coefficient (Wildman–Crippen LogP) is 1.19. The number of halogens is 4. The van der Waals surface area contributed by atoms with Crippen LogP contribution >= 0.6 is 0 Å². The Morgan fingerprint density at radius 1 is 1.14 bits per heavy atom. The van der Waals surface area contributed by atoms with Crippen molar-refractivity contribution in [3.63, 3.8) is 0 Å². The lowest BCUT2D eigenvalue weighted by atomic mass is 10.1. The van der Waals surface area contributed by atoms with E-state index < -0.39 is 62.8 Å². The van der Waals surface area contributed by atoms with Crippen LogP contribution in [0.25, 0.3) is 0 Å². The van der Waals surface area contributed by atoms with E-state index in [9.17, 15) is 30.8 Å². The Morgan fingerprint density at radius 3 is 2.00 bits per heavy atom. The van der Waals surface area contributed by atoms with Crippen molar-refractivity contribution in [1.82, 2.24) is 5.32 Å². The van der Waals surface area contributed by atoms with Crippen molar-refractivity contribution >= 4 is 28.4 Å². The van der Waals surface area contributed by atoms with Gasteiger partial charge in [0.1, 0.15) is 11.3 Å². The fourth-order valence-electron chi connectivity index (χ4n) is 1.34. The monoisotopic (exact) mass is 328 g/mol. The van der Waals surface area contributed by atoms with E-state index in [4.69, 9.17) is 4.55 Å². The van der Waals surface area contributed by atoms with Gasteiger partial charge in [-0.15, -0.1) is 0 Å². The van der Waals surface area contributed by atoms with E-state index in [2.05, 4.69) is 11.7 Å². The van der Waals surface area contributed by atoms with Gasteiger partial charge in [-0.3, -0.25) is 14.3 Å². The van der Waals surface area contributed by atoms with Gasteiger partial charge in [0.25, 0.3) is 16.0 Å². The molecule has 1 rings (SSSR count). The van der Waals surface area contributed by atoms with Gasteiger partial charge < -0.3 is 5.32 Å². The van der Waals surface area contributed by atoms with Crippen molar-refractivity contribution < 1.29 is 35.3 Å². The molecule has 0 fully saturated rings. The van der Waals surface area contributed by atoms with E-state index in [1.807, 2.05) is 0 Å². The maximum atomic E-state index is 13.5. The summed E-state index contributed by atoms with van der Waals surface area (Å²) in [7, 11) is -4.42. The van der Waals surface area contributed by atoms with Gasteiger partial charge in [-0.25, -0.2) is 17.6 Å². The summed E-state index contributed by atoms with van der Waals surface area (Å²) in [6.07, 6.45) is 0. The van der Waals surface area contributed by atoms with Crippen LogP contribution in [0.2, 0.25) is 0 Å². The third kappa shape index (κ3) is 3.76. The highest BCUT2D eigenvalue weighted by Crippen LogP contribution is 2.29. The number of carbonyl (C=O) groups excluding carboxylic acids is 1. The van der Waals surface area contributed by atoms with Crippen LogP contribution in [0.4, 0.5) is 23.2 Å². The van der Waals surface area contributed by atoms with Crippen LogP contribution in [0.3, 0.4) is 0 Å². The number of benzene rings is 1. The Labute approximate surface area is 116 Å². The molecule has 0 aliphatic heterocycles. The molecule has 21 heavy (non-hydrogen) atoms. The zero-order valence-corrected chi connectivity index (χ0v) is 11.0. The average Bonchev–Trinajstić information content (AvgIpc) is 2.36. The molecular weight excluding hydrogens is 320 g/mol. The zero-order valence-electron chi connectivity index (χ0n) is 10.2. The molecule has 0 heterocycles. The Bertz CT molecular complexity index is 676. The van der Waals surface area contributed by atoms with Crippen LogP contribution in [0.15, 0.2) is 4.99 Å². The molecule has 11 heteroatoms. The number of nitrogens with one attached hydrogen (secondary N) is 1. The molecule has 2 N–H and O–H groups in total. The molecule has 0 saturated heterocycles. The van der Waals surface area contributed by atoms with Gasteiger partial charge in [-0.05, 0) is 6.72 Å². The van der Waals surface area contributed by atoms with Gasteiger partial charge in [0.05, 0.1) is 5.75 Å². The minimum absolute atomic E-state index is 0.721. The maximum absolute atomic E-state index is 13.5. The maximum Gasteiger partial charge on any atom is 0.266 e. The lowest BCUT2D eigenvalue weighted by Crippen LogP contribution is -2.31. The lowest BCUT2D eigenvalue weighted by molar-refractivity contribution is 0.0945. The average molecular weight is 328 g/mol. The van der Waals surface area contributed by atoms with Crippen LogP contribution in [0.1, 0.15) is 10.4 Å². The summed E-state index contributed by atoms with van der Waals surface area (Å²) in [5, 5.41) is 1.69. The van der Waals surface area contributed by atoms with E-state index in [0.29, 0.717) is 0 Å². The van der Waals surface area contributed by atoms with E-state index >= 15 is 0 Å². The molecular formula is C10H8F4N2O4S. The highest BCUT2D eigenvalue weighted by Gasteiger charge is 2.29. The molecule has 1 amide bonds. The van der Waals surface area contributed by atoms with Gasteiger partial charge >= 0.3 is 0 Å². The smallest absolute Gasteiger partial charge is 0.266 e. The molecule has 0 atom stereocenters. The molecule has 116 valence electrons. The molecule has 0 aromatic heterocycles. The van der Waals surface area contributed by atoms with Crippen molar-refractivity contribution in [2.24, 2.45) is 4.99 Å². The molecule has 0 aliphatic rings. The second-order valence-corrected chi connectivity index (χ2v) is 5.25. The molecule has 0 radical (unpaired) electrons. The minimum Gasteiger partial charge on any atom is -0.351 e. The second-order valence-electron chi connectivity index (χ2n) is 3.68. The first kappa shape index (κ1) is 17.0. The van der Waals surface area contributed by atoms with Crippen LogP contribution < -0.4 is 5.32 Å². The van der Waals surface area contributed by atoms with Crippen molar-refractivity contribution in [2.45, 2.75) is 0 Å². The van der Waals surface area contributed by atoms with Crippen LogP contribution in [-0.4, -0.2) is 37.9 Å². The summed E-state index contributed by atoms with van der Waals surface area (Å²) in [5.74, 6) is -10.4. The number of rotatable bonds is 5. The lowest BCUT2D eigenvalue weighted by Gasteiger charge is -2.09. The minimum atomic E-state index is -4.42. The third-order valence-electron chi connectivity index (χ3n) is 2.27. The predicted molar refractivity (Wildman–Crippen MR) is 64.2 cm³/mol. The Balaban J connectivity index is 3.14. The zero-order chi connectivity index (χ0) is 16.4. The molecule has 0 bridgehead atoms. The molecule has 0 saturated carbocycles. The molecule has 1 aromatic carbocycles. The van der Waals surface area contributed by atoms with Gasteiger partial charge in [0, 0.05) is 6.54 Å². The number of carbonyl (C=O) groups is 1. The Kier molecular flexibility index (Phi) is 5.01. The number of hydrogen-bond donors (Lipinski definition) is 2. The molecule has 0 spiro atoms. The van der Waals surface area contributed by atoms with Gasteiger partial charge in [0.15, 0.2) is 23.3 Å². The third-order valence-corrected chi connectivity index (χ3v) is 2.99. The highest BCUT2D eigenvalue weighted by molar-refractivity contribution is 7.85. The SMILES string of the molecule is C=Nc1c(F)c(F)c(C(=O)NCCS(=O)(=O)O)c(F)c1F. The summed E-state index contributed by atoms with van der Waals surface area (Å²) in [6.45, 7) is 2.01. The van der Waals surface area contributed by atoms with Gasteiger partial charge in [-0.2, -0.15) is 8.42 Å². The Morgan fingerprint density at radius 2 is 1.62 bits per heavy atom. The summed E-state index contributed by atoms with van der Waals surface area (Å²) >= 11 is 0. The molecule has 0 unspecified atom stereocenters. The standard InChI is InChI=1S/C10H8F4N2O4S/c1-15-9-7(13)5(11)4(6(12)8(9)14)10(17)16-2-3-21(18,19)20/h1-3H2,(H,16,17)(H,18,19,20). The summed E-state index contributed by atoms with van der Waals surface area (Å²) in [4.78, 5) is 14.2. The normalized spacial score (nSPS) is 11.3. The van der Waals surface area contributed by atoms with E-state index in [-0.39, 0.29) is 0 Å². The van der Waals surface area contributed by atoms with Crippen molar-refractivity contribution in [2.75, 3.05) is 12.3 Å².